The number of aromatic nitrogens is 6. The third kappa shape index (κ3) is 4.03. The monoisotopic (exact) mass is 514 g/mol. The van der Waals surface area contributed by atoms with Crippen LogP contribution < -0.4 is 15.0 Å². The molecule has 1 aliphatic carbocycles. The molecule has 4 aromatic rings. The zero-order valence-corrected chi connectivity index (χ0v) is 19.9. The summed E-state index contributed by atoms with van der Waals surface area (Å²) in [5.41, 5.74) is 0.723. The van der Waals surface area contributed by atoms with Gasteiger partial charge in [-0.15, -0.1) is 10.2 Å². The van der Waals surface area contributed by atoms with Gasteiger partial charge in [-0.05, 0) is 18.2 Å². The van der Waals surface area contributed by atoms with Gasteiger partial charge < -0.3 is 15.0 Å². The Morgan fingerprint density at radius 1 is 1.08 bits per heavy atom. The molecule has 1 saturated heterocycles. The molecule has 13 heteroatoms. The first kappa shape index (κ1) is 23.3. The Balaban J connectivity index is 1.20. The molecule has 2 N–H and O–H groups in total. The van der Waals surface area contributed by atoms with Crippen LogP contribution in [0.1, 0.15) is 12.8 Å². The predicted octanol–water partition coefficient (Wildman–Crippen LogP) is 4.53. The number of halogens is 4. The van der Waals surface area contributed by atoms with E-state index >= 15 is 0 Å². The van der Waals surface area contributed by atoms with Crippen molar-refractivity contribution in [1.82, 2.24) is 29.9 Å². The Morgan fingerprint density at radius 2 is 1.86 bits per heavy atom. The standard InChI is InChI=1S/C24H22F4N8O/c1-35-22(31-13-3-4-14(17(25)5-13)15-8-30-33-20(15)26)32-21(34-35)16-7-29-19(6-18(16)37-2)36-11-23(12-36)9-24(27,28)10-23/h3-8H,9-12H2,1-2H3,(H,30,33)(H,31,32,34). The maximum absolute atomic E-state index is 14.7. The molecule has 2 fully saturated rings. The molecule has 1 saturated carbocycles. The van der Waals surface area contributed by atoms with E-state index in [1.54, 1.807) is 25.4 Å². The van der Waals surface area contributed by atoms with Crippen LogP contribution in [0.25, 0.3) is 22.5 Å². The molecule has 6 rings (SSSR count). The third-order valence-electron chi connectivity index (χ3n) is 6.83. The number of rotatable bonds is 6. The van der Waals surface area contributed by atoms with E-state index in [9.17, 15) is 17.6 Å². The molecule has 0 unspecified atom stereocenters. The van der Waals surface area contributed by atoms with Gasteiger partial charge in [-0.1, -0.05) is 0 Å². The summed E-state index contributed by atoms with van der Waals surface area (Å²) in [6.07, 6.45) is 2.72. The average Bonchev–Trinajstić information content (AvgIpc) is 3.40. The minimum Gasteiger partial charge on any atom is -0.496 e. The van der Waals surface area contributed by atoms with Crippen LogP contribution in [0, 0.1) is 17.2 Å². The van der Waals surface area contributed by atoms with Crippen molar-refractivity contribution >= 4 is 17.5 Å². The lowest BCUT2D eigenvalue weighted by molar-refractivity contribution is -0.170. The van der Waals surface area contributed by atoms with E-state index in [4.69, 9.17) is 4.74 Å². The second-order valence-electron chi connectivity index (χ2n) is 9.60. The van der Waals surface area contributed by atoms with Crippen molar-refractivity contribution in [3.63, 3.8) is 0 Å². The van der Waals surface area contributed by atoms with Crippen molar-refractivity contribution < 1.29 is 22.3 Å². The van der Waals surface area contributed by atoms with Crippen LogP contribution >= 0.6 is 0 Å². The number of pyridine rings is 1. The largest absolute Gasteiger partial charge is 0.496 e. The molecule has 9 nitrogen and oxygen atoms in total. The first-order valence-corrected chi connectivity index (χ1v) is 11.5. The Kier molecular flexibility index (Phi) is 5.14. The van der Waals surface area contributed by atoms with E-state index in [0.717, 1.165) is 0 Å². The minimum atomic E-state index is -2.55. The van der Waals surface area contributed by atoms with Gasteiger partial charge in [-0.3, -0.25) is 5.10 Å². The van der Waals surface area contributed by atoms with E-state index in [-0.39, 0.29) is 29.4 Å². The van der Waals surface area contributed by atoms with Crippen molar-refractivity contribution in [3.8, 4) is 28.3 Å². The molecule has 192 valence electrons. The number of H-pyrrole nitrogens is 1. The van der Waals surface area contributed by atoms with Crippen LogP contribution in [0.5, 0.6) is 5.75 Å². The van der Waals surface area contributed by atoms with E-state index in [2.05, 4.69) is 30.6 Å². The zero-order valence-electron chi connectivity index (χ0n) is 19.9. The Labute approximate surface area is 208 Å². The van der Waals surface area contributed by atoms with E-state index in [0.29, 0.717) is 47.7 Å². The van der Waals surface area contributed by atoms with Crippen molar-refractivity contribution in [3.05, 3.63) is 48.4 Å². The predicted molar refractivity (Wildman–Crippen MR) is 127 cm³/mol. The van der Waals surface area contributed by atoms with Gasteiger partial charge in [-0.25, -0.2) is 22.8 Å². The summed E-state index contributed by atoms with van der Waals surface area (Å²) < 4.78 is 62.0. The quantitative estimate of drug-likeness (QED) is 0.365. The van der Waals surface area contributed by atoms with Gasteiger partial charge in [0.2, 0.25) is 17.8 Å². The first-order chi connectivity index (χ1) is 17.7. The molecule has 0 radical (unpaired) electrons. The Bertz CT molecular complexity index is 1480. The summed E-state index contributed by atoms with van der Waals surface area (Å²) in [5, 5.41) is 13.2. The number of hydrogen-bond acceptors (Lipinski definition) is 7. The van der Waals surface area contributed by atoms with E-state index < -0.39 is 17.7 Å². The van der Waals surface area contributed by atoms with Gasteiger partial charge in [-0.2, -0.15) is 9.37 Å². The highest BCUT2D eigenvalue weighted by molar-refractivity contribution is 5.70. The smallest absolute Gasteiger partial charge is 0.249 e. The zero-order chi connectivity index (χ0) is 25.9. The van der Waals surface area contributed by atoms with Crippen LogP contribution in [0.3, 0.4) is 0 Å². The summed E-state index contributed by atoms with van der Waals surface area (Å²) in [6.45, 7) is 1.08. The highest BCUT2D eigenvalue weighted by Gasteiger charge is 2.61. The molecule has 3 aromatic heterocycles. The summed E-state index contributed by atoms with van der Waals surface area (Å²) in [7, 11) is 3.19. The van der Waals surface area contributed by atoms with Crippen molar-refractivity contribution in [2.45, 2.75) is 18.8 Å². The van der Waals surface area contributed by atoms with E-state index in [1.165, 1.54) is 30.1 Å². The lowest BCUT2D eigenvalue weighted by Crippen LogP contribution is -2.66. The normalized spacial score (nSPS) is 17.4. The Hall–Kier alpha value is -4.16. The van der Waals surface area contributed by atoms with Gasteiger partial charge in [0, 0.05) is 68.1 Å². The maximum atomic E-state index is 14.7. The Morgan fingerprint density at radius 3 is 2.51 bits per heavy atom. The number of hydrogen-bond donors (Lipinski definition) is 2. The molecule has 1 spiro atoms. The van der Waals surface area contributed by atoms with Gasteiger partial charge >= 0.3 is 0 Å². The van der Waals surface area contributed by atoms with Gasteiger partial charge in [0.05, 0.1) is 18.2 Å². The topological polar surface area (TPSA) is 96.8 Å². The third-order valence-corrected chi connectivity index (χ3v) is 6.83. The fourth-order valence-electron chi connectivity index (χ4n) is 5.14. The van der Waals surface area contributed by atoms with Crippen LogP contribution in [0.4, 0.5) is 35.0 Å². The maximum Gasteiger partial charge on any atom is 0.249 e. The number of nitrogens with zero attached hydrogens (tertiary/aromatic N) is 6. The average molecular weight is 514 g/mol. The SMILES string of the molecule is COc1cc(N2CC3(C2)CC(F)(F)C3)ncc1-c1nc(Nc2ccc(-c3c[nH]nc3F)c(F)c2)n(C)n1. The number of aryl methyl sites for hydroxylation is 1. The lowest BCUT2D eigenvalue weighted by Gasteiger charge is -2.59. The molecule has 0 bridgehead atoms. The molecular formula is C24H22F4N8O. The van der Waals surface area contributed by atoms with Crippen molar-refractivity contribution in [1.29, 1.82) is 0 Å². The lowest BCUT2D eigenvalue weighted by atomic mass is 9.61. The van der Waals surface area contributed by atoms with Crippen molar-refractivity contribution in [2.75, 3.05) is 30.4 Å². The number of alkyl halides is 2. The summed E-state index contributed by atoms with van der Waals surface area (Å²) in [6, 6.07) is 6.00. The van der Waals surface area contributed by atoms with E-state index in [1.807, 2.05) is 4.90 Å². The molecule has 4 heterocycles. The van der Waals surface area contributed by atoms with Crippen LogP contribution in [0.2, 0.25) is 0 Å². The van der Waals surface area contributed by atoms with Gasteiger partial charge in [0.1, 0.15) is 17.4 Å². The second kappa shape index (κ2) is 8.18. The first-order valence-electron chi connectivity index (χ1n) is 11.5. The number of ether oxygens (including phenoxy) is 1. The number of aromatic amines is 1. The summed E-state index contributed by atoms with van der Waals surface area (Å²) in [4.78, 5) is 10.9. The molecule has 1 aromatic carbocycles. The second-order valence-corrected chi connectivity index (χ2v) is 9.60. The number of anilines is 3. The fraction of sp³-hybridized carbons (Fsp3) is 0.333. The molecular weight excluding hydrogens is 492 g/mol. The molecule has 0 amide bonds. The van der Waals surface area contributed by atoms with Crippen LogP contribution in [-0.4, -0.2) is 56.1 Å². The summed E-state index contributed by atoms with van der Waals surface area (Å²) >= 11 is 0. The minimum absolute atomic E-state index is 0.0343. The number of nitrogens with one attached hydrogen (secondary N) is 2. The number of benzene rings is 1. The molecule has 0 atom stereocenters. The van der Waals surface area contributed by atoms with Crippen LogP contribution in [0.15, 0.2) is 36.7 Å². The molecule has 2 aliphatic rings. The van der Waals surface area contributed by atoms with Gasteiger partial charge in [0.25, 0.3) is 0 Å². The number of methoxy groups -OCH3 is 1. The van der Waals surface area contributed by atoms with Crippen molar-refractivity contribution in [2.24, 2.45) is 12.5 Å². The molecule has 37 heavy (non-hydrogen) atoms. The molecule has 1 aliphatic heterocycles. The fourth-order valence-corrected chi connectivity index (χ4v) is 5.14. The highest BCUT2D eigenvalue weighted by Crippen LogP contribution is 2.57. The van der Waals surface area contributed by atoms with Gasteiger partial charge in [0.15, 0.2) is 5.82 Å². The summed E-state index contributed by atoms with van der Waals surface area (Å²) in [5.74, 6) is -2.18. The van der Waals surface area contributed by atoms with Crippen LogP contribution in [-0.2, 0) is 7.05 Å². The highest BCUT2D eigenvalue weighted by atomic mass is 19.3.